The molecule has 1 aromatic heterocycles. The third-order valence-electron chi connectivity index (χ3n) is 3.14. The van der Waals surface area contributed by atoms with Crippen molar-refractivity contribution in [1.82, 2.24) is 4.98 Å². The zero-order valence-electron chi connectivity index (χ0n) is 9.78. The van der Waals surface area contributed by atoms with Gasteiger partial charge in [0, 0.05) is 5.92 Å². The molecule has 4 heteroatoms. The molecule has 0 unspecified atom stereocenters. The fourth-order valence-electron chi connectivity index (χ4n) is 2.22. The molecular formula is C12H17NO2S. The van der Waals surface area contributed by atoms with Crippen molar-refractivity contribution < 1.29 is 9.53 Å². The first-order valence-electron chi connectivity index (χ1n) is 5.78. The highest BCUT2D eigenvalue weighted by Crippen LogP contribution is 2.35. The molecule has 1 aliphatic rings. The fourth-order valence-corrected chi connectivity index (χ4v) is 3.38. The van der Waals surface area contributed by atoms with E-state index in [0.717, 1.165) is 10.7 Å². The third kappa shape index (κ3) is 2.26. The van der Waals surface area contributed by atoms with E-state index < -0.39 is 0 Å². The molecule has 0 aromatic carbocycles. The maximum Gasteiger partial charge on any atom is 0.349 e. The summed E-state index contributed by atoms with van der Waals surface area (Å²) in [6.07, 6.45) is 6.35. The van der Waals surface area contributed by atoms with Gasteiger partial charge in [-0.2, -0.15) is 0 Å². The lowest BCUT2D eigenvalue weighted by Gasteiger charge is -2.18. The first-order chi connectivity index (χ1) is 7.72. The van der Waals surface area contributed by atoms with Crippen LogP contribution in [-0.2, 0) is 4.74 Å². The minimum atomic E-state index is -0.253. The van der Waals surface area contributed by atoms with Crippen LogP contribution in [0, 0.1) is 6.92 Å². The van der Waals surface area contributed by atoms with Gasteiger partial charge >= 0.3 is 5.97 Å². The first-order valence-corrected chi connectivity index (χ1v) is 6.59. The Labute approximate surface area is 99.8 Å². The molecule has 0 saturated heterocycles. The summed E-state index contributed by atoms with van der Waals surface area (Å²) < 4.78 is 4.75. The molecule has 1 fully saturated rings. The summed E-state index contributed by atoms with van der Waals surface area (Å²) in [6, 6.07) is 0. The van der Waals surface area contributed by atoms with Gasteiger partial charge < -0.3 is 4.74 Å². The van der Waals surface area contributed by atoms with Crippen LogP contribution in [0.5, 0.6) is 0 Å². The molecule has 1 aliphatic carbocycles. The normalized spacial score (nSPS) is 17.4. The summed E-state index contributed by atoms with van der Waals surface area (Å²) in [7, 11) is 1.42. The van der Waals surface area contributed by atoms with Crippen LogP contribution in [0.1, 0.15) is 58.4 Å². The Kier molecular flexibility index (Phi) is 3.59. The molecule has 3 nitrogen and oxygen atoms in total. The number of ether oxygens (including phenoxy) is 1. The van der Waals surface area contributed by atoms with Gasteiger partial charge in [-0.15, -0.1) is 11.3 Å². The van der Waals surface area contributed by atoms with Gasteiger partial charge in [0.1, 0.15) is 4.88 Å². The molecule has 0 radical (unpaired) electrons. The molecule has 1 saturated carbocycles. The SMILES string of the molecule is COC(=O)c1sc(C2CCCCC2)nc1C. The van der Waals surface area contributed by atoms with Crippen molar-refractivity contribution in [2.24, 2.45) is 0 Å². The van der Waals surface area contributed by atoms with Crippen LogP contribution in [0.2, 0.25) is 0 Å². The lowest BCUT2D eigenvalue weighted by atomic mass is 9.90. The number of methoxy groups -OCH3 is 1. The number of esters is 1. The van der Waals surface area contributed by atoms with Gasteiger partial charge in [0.25, 0.3) is 0 Å². The molecule has 2 rings (SSSR count). The van der Waals surface area contributed by atoms with E-state index in [-0.39, 0.29) is 5.97 Å². The summed E-state index contributed by atoms with van der Waals surface area (Å²) in [4.78, 5) is 16.7. The molecular weight excluding hydrogens is 222 g/mol. The van der Waals surface area contributed by atoms with E-state index in [2.05, 4.69) is 4.98 Å². The number of carbonyl (C=O) groups is 1. The molecule has 0 amide bonds. The second-order valence-corrected chi connectivity index (χ2v) is 5.32. The summed E-state index contributed by atoms with van der Waals surface area (Å²) in [5.41, 5.74) is 0.817. The van der Waals surface area contributed by atoms with Gasteiger partial charge in [0.15, 0.2) is 0 Å². The average Bonchev–Trinajstić information content (AvgIpc) is 2.71. The lowest BCUT2D eigenvalue weighted by Crippen LogP contribution is -2.03. The number of carbonyl (C=O) groups excluding carboxylic acids is 1. The van der Waals surface area contributed by atoms with E-state index in [1.54, 1.807) is 0 Å². The minimum Gasteiger partial charge on any atom is -0.465 e. The molecule has 16 heavy (non-hydrogen) atoms. The maximum absolute atomic E-state index is 11.5. The van der Waals surface area contributed by atoms with E-state index in [9.17, 15) is 4.79 Å². The number of aromatic nitrogens is 1. The molecule has 1 aromatic rings. The van der Waals surface area contributed by atoms with Gasteiger partial charge in [-0.1, -0.05) is 19.3 Å². The predicted octanol–water partition coefficient (Wildman–Crippen LogP) is 3.29. The topological polar surface area (TPSA) is 39.2 Å². The highest BCUT2D eigenvalue weighted by Gasteiger charge is 2.22. The zero-order valence-corrected chi connectivity index (χ0v) is 10.6. The van der Waals surface area contributed by atoms with Gasteiger partial charge in [-0.25, -0.2) is 9.78 Å². The molecule has 0 bridgehead atoms. The third-order valence-corrected chi connectivity index (χ3v) is 4.44. The second kappa shape index (κ2) is 4.95. The van der Waals surface area contributed by atoms with Gasteiger partial charge in [-0.3, -0.25) is 0 Å². The van der Waals surface area contributed by atoms with Crippen LogP contribution in [0.3, 0.4) is 0 Å². The summed E-state index contributed by atoms with van der Waals surface area (Å²) in [5.74, 6) is 0.313. The van der Waals surface area contributed by atoms with E-state index >= 15 is 0 Å². The van der Waals surface area contributed by atoms with Crippen molar-refractivity contribution in [3.63, 3.8) is 0 Å². The summed E-state index contributed by atoms with van der Waals surface area (Å²) in [5, 5.41) is 1.12. The van der Waals surface area contributed by atoms with E-state index in [0.29, 0.717) is 10.8 Å². The van der Waals surface area contributed by atoms with Crippen molar-refractivity contribution in [1.29, 1.82) is 0 Å². The second-order valence-electron chi connectivity index (χ2n) is 4.29. The van der Waals surface area contributed by atoms with Gasteiger partial charge in [0.2, 0.25) is 0 Å². The number of hydrogen-bond donors (Lipinski definition) is 0. The van der Waals surface area contributed by atoms with Crippen LogP contribution in [0.15, 0.2) is 0 Å². The monoisotopic (exact) mass is 239 g/mol. The molecule has 0 atom stereocenters. The molecule has 1 heterocycles. The lowest BCUT2D eigenvalue weighted by molar-refractivity contribution is 0.0605. The maximum atomic E-state index is 11.5. The van der Waals surface area contributed by atoms with Crippen LogP contribution >= 0.6 is 11.3 Å². The van der Waals surface area contributed by atoms with Crippen LogP contribution in [-0.4, -0.2) is 18.1 Å². The Balaban J connectivity index is 2.19. The largest absolute Gasteiger partial charge is 0.465 e. The van der Waals surface area contributed by atoms with Crippen molar-refractivity contribution >= 4 is 17.3 Å². The summed E-state index contributed by atoms with van der Waals surface area (Å²) in [6.45, 7) is 1.88. The van der Waals surface area contributed by atoms with Crippen molar-refractivity contribution in [2.75, 3.05) is 7.11 Å². The predicted molar refractivity (Wildman–Crippen MR) is 64.0 cm³/mol. The number of hydrogen-bond acceptors (Lipinski definition) is 4. The number of nitrogens with zero attached hydrogens (tertiary/aromatic N) is 1. The Bertz CT molecular complexity index is 380. The van der Waals surface area contributed by atoms with E-state index in [1.807, 2.05) is 6.92 Å². The number of thiazole rings is 1. The quantitative estimate of drug-likeness (QED) is 0.743. The Hall–Kier alpha value is -0.900. The fraction of sp³-hybridized carbons (Fsp3) is 0.667. The molecule has 0 spiro atoms. The van der Waals surface area contributed by atoms with Crippen LogP contribution in [0.4, 0.5) is 0 Å². The van der Waals surface area contributed by atoms with Gasteiger partial charge in [-0.05, 0) is 19.8 Å². The van der Waals surface area contributed by atoms with Crippen LogP contribution in [0.25, 0.3) is 0 Å². The molecule has 0 N–H and O–H groups in total. The minimum absolute atomic E-state index is 0.253. The van der Waals surface area contributed by atoms with E-state index in [1.165, 1.54) is 50.6 Å². The zero-order chi connectivity index (χ0) is 11.5. The summed E-state index contributed by atoms with van der Waals surface area (Å²) >= 11 is 1.51. The van der Waals surface area contributed by atoms with E-state index in [4.69, 9.17) is 4.74 Å². The highest BCUT2D eigenvalue weighted by molar-refractivity contribution is 7.13. The van der Waals surface area contributed by atoms with Crippen LogP contribution < -0.4 is 0 Å². The Morgan fingerprint density at radius 1 is 1.38 bits per heavy atom. The van der Waals surface area contributed by atoms with Gasteiger partial charge in [0.05, 0.1) is 17.8 Å². The Morgan fingerprint density at radius 3 is 2.69 bits per heavy atom. The number of aryl methyl sites for hydroxylation is 1. The van der Waals surface area contributed by atoms with Crippen molar-refractivity contribution in [3.8, 4) is 0 Å². The smallest absolute Gasteiger partial charge is 0.349 e. The number of rotatable bonds is 2. The van der Waals surface area contributed by atoms with Crippen molar-refractivity contribution in [2.45, 2.75) is 44.9 Å². The molecule has 0 aliphatic heterocycles. The first kappa shape index (κ1) is 11.6. The van der Waals surface area contributed by atoms with Crippen molar-refractivity contribution in [3.05, 3.63) is 15.6 Å². The highest BCUT2D eigenvalue weighted by atomic mass is 32.1. The standard InChI is InChI=1S/C12H17NO2S/c1-8-10(12(14)15-2)16-11(13-8)9-6-4-3-5-7-9/h9H,3-7H2,1-2H3. The average molecular weight is 239 g/mol. The Morgan fingerprint density at radius 2 is 2.06 bits per heavy atom. The molecule has 88 valence electrons.